The average molecular weight is 413 g/mol. The topological polar surface area (TPSA) is 86.8 Å². The van der Waals surface area contributed by atoms with Crippen molar-refractivity contribution in [2.45, 2.75) is 25.7 Å². The molecule has 1 N–H and O–H groups in total. The van der Waals surface area contributed by atoms with Crippen LogP contribution >= 0.6 is 0 Å². The minimum absolute atomic E-state index is 0.177. The second-order valence-corrected chi connectivity index (χ2v) is 9.33. The lowest BCUT2D eigenvalue weighted by Gasteiger charge is -2.29. The van der Waals surface area contributed by atoms with Gasteiger partial charge >= 0.3 is 0 Å². The van der Waals surface area contributed by atoms with Gasteiger partial charge in [-0.2, -0.15) is 4.31 Å². The molecular weight excluding hydrogens is 390 g/mol. The fourth-order valence-corrected chi connectivity index (χ4v) is 6.18. The fourth-order valence-electron chi connectivity index (χ4n) is 4.30. The maximum Gasteiger partial charge on any atom is 0.266 e. The Morgan fingerprint density at radius 2 is 1.45 bits per heavy atom. The maximum atomic E-state index is 13.4. The van der Waals surface area contributed by atoms with E-state index in [4.69, 9.17) is 0 Å². The molecule has 0 radical (unpaired) electrons. The molecule has 2 heterocycles. The molecule has 7 nitrogen and oxygen atoms in total. The highest BCUT2D eigenvalue weighted by Crippen LogP contribution is 2.38. The second-order valence-electron chi connectivity index (χ2n) is 7.46. The van der Waals surface area contributed by atoms with Gasteiger partial charge in [0.15, 0.2) is 0 Å². The third-order valence-corrected chi connectivity index (χ3v) is 7.74. The van der Waals surface area contributed by atoms with E-state index in [1.165, 1.54) is 4.31 Å². The van der Waals surface area contributed by atoms with Gasteiger partial charge in [-0.1, -0.05) is 18.2 Å². The van der Waals surface area contributed by atoms with Crippen LogP contribution in [0.5, 0.6) is 0 Å². The zero-order valence-corrected chi connectivity index (χ0v) is 17.5. The standard InChI is InChI=1S/C21H23N3O4S/c1-13-12-14(2)19(29(27,28)23-10-8-22-9-11-23)15(3)18(13)24-20(25)16-6-4-5-7-17(16)21(24)26/h4-7,12,22H,8-11H2,1-3H3. The van der Waals surface area contributed by atoms with Crippen molar-refractivity contribution in [3.05, 3.63) is 58.1 Å². The van der Waals surface area contributed by atoms with Crippen LogP contribution in [-0.2, 0) is 10.0 Å². The van der Waals surface area contributed by atoms with E-state index in [2.05, 4.69) is 5.32 Å². The van der Waals surface area contributed by atoms with E-state index in [1.54, 1.807) is 51.1 Å². The molecule has 2 aliphatic heterocycles. The number of sulfonamides is 1. The molecule has 2 amide bonds. The number of aryl methyl sites for hydroxylation is 2. The molecular formula is C21H23N3O4S. The average Bonchev–Trinajstić information content (AvgIpc) is 2.94. The minimum atomic E-state index is -3.75. The number of piperazine rings is 1. The van der Waals surface area contributed by atoms with Gasteiger partial charge in [-0.05, 0) is 49.6 Å². The summed E-state index contributed by atoms with van der Waals surface area (Å²) in [5.74, 6) is -0.850. The molecule has 0 aromatic heterocycles. The van der Waals surface area contributed by atoms with Crippen molar-refractivity contribution in [2.24, 2.45) is 0 Å². The highest BCUT2D eigenvalue weighted by Gasteiger charge is 2.39. The van der Waals surface area contributed by atoms with Crippen LogP contribution in [-0.4, -0.2) is 50.7 Å². The van der Waals surface area contributed by atoms with Gasteiger partial charge in [-0.3, -0.25) is 9.59 Å². The van der Waals surface area contributed by atoms with Gasteiger partial charge in [-0.15, -0.1) is 0 Å². The molecule has 0 saturated carbocycles. The summed E-state index contributed by atoms with van der Waals surface area (Å²) in [5, 5.41) is 3.15. The molecule has 0 atom stereocenters. The molecule has 0 aliphatic carbocycles. The Bertz CT molecular complexity index is 1100. The molecule has 2 aliphatic rings. The largest absolute Gasteiger partial charge is 0.314 e. The van der Waals surface area contributed by atoms with Gasteiger partial charge in [0.05, 0.1) is 21.7 Å². The van der Waals surface area contributed by atoms with Crippen molar-refractivity contribution in [3.63, 3.8) is 0 Å². The molecule has 0 spiro atoms. The monoisotopic (exact) mass is 413 g/mol. The zero-order valence-electron chi connectivity index (χ0n) is 16.7. The number of nitrogens with one attached hydrogen (secondary N) is 1. The van der Waals surface area contributed by atoms with Crippen molar-refractivity contribution in [1.82, 2.24) is 9.62 Å². The molecule has 8 heteroatoms. The van der Waals surface area contributed by atoms with Crippen molar-refractivity contribution >= 4 is 27.5 Å². The van der Waals surface area contributed by atoms with Crippen LogP contribution in [0.25, 0.3) is 0 Å². The quantitative estimate of drug-likeness (QED) is 0.778. The number of anilines is 1. The number of amides is 2. The summed E-state index contributed by atoms with van der Waals surface area (Å²) in [6.07, 6.45) is 0. The smallest absolute Gasteiger partial charge is 0.266 e. The molecule has 29 heavy (non-hydrogen) atoms. The fraction of sp³-hybridized carbons (Fsp3) is 0.333. The number of hydrogen-bond donors (Lipinski definition) is 1. The van der Waals surface area contributed by atoms with Crippen LogP contribution in [0.4, 0.5) is 5.69 Å². The van der Waals surface area contributed by atoms with Gasteiger partial charge in [0.2, 0.25) is 10.0 Å². The first-order valence-electron chi connectivity index (χ1n) is 9.54. The van der Waals surface area contributed by atoms with Crippen molar-refractivity contribution in [3.8, 4) is 0 Å². The first-order chi connectivity index (χ1) is 13.7. The van der Waals surface area contributed by atoms with Crippen molar-refractivity contribution < 1.29 is 18.0 Å². The SMILES string of the molecule is Cc1cc(C)c(S(=O)(=O)N2CCNCC2)c(C)c1N1C(=O)c2ccccc2C1=O. The third-order valence-electron chi connectivity index (χ3n) is 5.55. The molecule has 152 valence electrons. The number of carbonyl (C=O) groups excluding carboxylic acids is 2. The Kier molecular flexibility index (Phi) is 4.80. The highest BCUT2D eigenvalue weighted by atomic mass is 32.2. The van der Waals surface area contributed by atoms with Crippen LogP contribution in [0.15, 0.2) is 35.2 Å². The lowest BCUT2D eigenvalue weighted by Crippen LogP contribution is -2.46. The zero-order chi connectivity index (χ0) is 20.9. The van der Waals surface area contributed by atoms with Crippen molar-refractivity contribution in [1.29, 1.82) is 0 Å². The number of benzene rings is 2. The molecule has 0 bridgehead atoms. The first-order valence-corrected chi connectivity index (χ1v) is 11.0. The van der Waals surface area contributed by atoms with Crippen LogP contribution in [0, 0.1) is 20.8 Å². The van der Waals surface area contributed by atoms with Crippen LogP contribution in [0.3, 0.4) is 0 Å². The summed E-state index contributed by atoms with van der Waals surface area (Å²) in [6.45, 7) is 7.17. The van der Waals surface area contributed by atoms with Gasteiger partial charge in [0.1, 0.15) is 0 Å². The molecule has 0 unspecified atom stereocenters. The van der Waals surface area contributed by atoms with Crippen LogP contribution in [0.2, 0.25) is 0 Å². The molecule has 1 saturated heterocycles. The predicted octanol–water partition coefficient (Wildman–Crippen LogP) is 2.01. The highest BCUT2D eigenvalue weighted by molar-refractivity contribution is 7.89. The predicted molar refractivity (Wildman–Crippen MR) is 110 cm³/mol. The Balaban J connectivity index is 1.88. The van der Waals surface area contributed by atoms with Gasteiger partial charge in [0.25, 0.3) is 11.8 Å². The summed E-state index contributed by atoms with van der Waals surface area (Å²) in [6, 6.07) is 8.39. The lowest BCUT2D eigenvalue weighted by molar-refractivity contribution is 0.0925. The van der Waals surface area contributed by atoms with E-state index in [1.807, 2.05) is 0 Å². The molecule has 2 aromatic rings. The minimum Gasteiger partial charge on any atom is -0.314 e. The maximum absolute atomic E-state index is 13.4. The van der Waals surface area contributed by atoms with E-state index < -0.39 is 21.8 Å². The number of rotatable bonds is 3. The summed E-state index contributed by atoms with van der Waals surface area (Å²) < 4.78 is 28.3. The molecule has 1 fully saturated rings. The van der Waals surface area contributed by atoms with E-state index in [0.29, 0.717) is 59.7 Å². The van der Waals surface area contributed by atoms with Gasteiger partial charge in [-0.25, -0.2) is 13.3 Å². The van der Waals surface area contributed by atoms with E-state index in [0.717, 1.165) is 4.90 Å². The number of hydrogen-bond acceptors (Lipinski definition) is 5. The third kappa shape index (κ3) is 2.99. The van der Waals surface area contributed by atoms with Crippen LogP contribution < -0.4 is 10.2 Å². The van der Waals surface area contributed by atoms with E-state index in [9.17, 15) is 18.0 Å². The van der Waals surface area contributed by atoms with E-state index in [-0.39, 0.29) is 4.90 Å². The number of nitrogens with zero attached hydrogens (tertiary/aromatic N) is 2. The number of fused-ring (bicyclic) bond motifs is 1. The normalized spacial score (nSPS) is 17.7. The second kappa shape index (κ2) is 7.05. The van der Waals surface area contributed by atoms with Gasteiger partial charge in [0, 0.05) is 26.2 Å². The number of imide groups is 1. The number of carbonyl (C=O) groups is 2. The first kappa shape index (κ1) is 19.8. The molecule has 4 rings (SSSR count). The molecule has 2 aromatic carbocycles. The van der Waals surface area contributed by atoms with Crippen molar-refractivity contribution in [2.75, 3.05) is 31.1 Å². The Hall–Kier alpha value is -2.55. The Morgan fingerprint density at radius 3 is 2.00 bits per heavy atom. The summed E-state index contributed by atoms with van der Waals surface area (Å²) in [5.41, 5.74) is 2.76. The lowest BCUT2D eigenvalue weighted by atomic mass is 10.0. The Morgan fingerprint density at radius 1 is 0.897 bits per heavy atom. The summed E-state index contributed by atoms with van der Waals surface area (Å²) >= 11 is 0. The van der Waals surface area contributed by atoms with E-state index >= 15 is 0 Å². The van der Waals surface area contributed by atoms with Crippen LogP contribution in [0.1, 0.15) is 37.4 Å². The Labute approximate surface area is 170 Å². The van der Waals surface area contributed by atoms with Gasteiger partial charge < -0.3 is 5.32 Å². The summed E-state index contributed by atoms with van der Waals surface area (Å²) in [4.78, 5) is 27.3. The summed E-state index contributed by atoms with van der Waals surface area (Å²) in [7, 11) is -3.75.